The monoisotopic (exact) mass is 290 g/mol. The van der Waals surface area contributed by atoms with Gasteiger partial charge >= 0.3 is 5.97 Å². The van der Waals surface area contributed by atoms with E-state index in [2.05, 4.69) is 10.3 Å². The molecule has 0 radical (unpaired) electrons. The van der Waals surface area contributed by atoms with E-state index in [0.29, 0.717) is 5.56 Å². The van der Waals surface area contributed by atoms with Gasteiger partial charge < -0.3 is 10.4 Å². The van der Waals surface area contributed by atoms with Crippen LogP contribution >= 0.6 is 23.2 Å². The number of carboxylic acids is 1. The number of pyridine rings is 1. The normalized spacial score (nSPS) is 13.8. The lowest BCUT2D eigenvalue weighted by Crippen LogP contribution is -2.44. The first-order valence-electron chi connectivity index (χ1n) is 5.06. The summed E-state index contributed by atoms with van der Waals surface area (Å²) >= 11 is 11.6. The SMILES string of the molecule is CNC(=O)C(C)(Cc1cnc(Cl)cc1Cl)C(=O)O. The smallest absolute Gasteiger partial charge is 0.319 e. The lowest BCUT2D eigenvalue weighted by molar-refractivity contribution is -0.154. The number of amides is 1. The molecule has 0 saturated heterocycles. The highest BCUT2D eigenvalue weighted by Gasteiger charge is 2.41. The van der Waals surface area contributed by atoms with Crippen molar-refractivity contribution in [3.63, 3.8) is 0 Å². The van der Waals surface area contributed by atoms with Gasteiger partial charge in [-0.2, -0.15) is 0 Å². The summed E-state index contributed by atoms with van der Waals surface area (Å²) in [4.78, 5) is 26.8. The van der Waals surface area contributed by atoms with E-state index in [4.69, 9.17) is 23.2 Å². The molecule has 1 aromatic heterocycles. The third kappa shape index (κ3) is 2.91. The van der Waals surface area contributed by atoms with E-state index >= 15 is 0 Å². The molecule has 2 N–H and O–H groups in total. The van der Waals surface area contributed by atoms with E-state index in [1.165, 1.54) is 26.2 Å². The van der Waals surface area contributed by atoms with Crippen LogP contribution in [0, 0.1) is 5.41 Å². The molecule has 0 bridgehead atoms. The van der Waals surface area contributed by atoms with Crippen LogP contribution in [0.1, 0.15) is 12.5 Å². The predicted octanol–water partition coefficient (Wildman–Crippen LogP) is 1.77. The molecule has 5 nitrogen and oxygen atoms in total. The Balaban J connectivity index is 3.12. The van der Waals surface area contributed by atoms with Crippen LogP contribution in [0.5, 0.6) is 0 Å². The van der Waals surface area contributed by atoms with Crippen LogP contribution in [-0.4, -0.2) is 29.0 Å². The number of carbonyl (C=O) groups is 2. The second-order valence-electron chi connectivity index (χ2n) is 3.99. The molecule has 0 aromatic carbocycles. The van der Waals surface area contributed by atoms with Gasteiger partial charge in [0.15, 0.2) is 0 Å². The van der Waals surface area contributed by atoms with E-state index in [1.54, 1.807) is 0 Å². The molecule has 1 rings (SSSR count). The molecule has 0 saturated carbocycles. The highest BCUT2D eigenvalue weighted by atomic mass is 35.5. The van der Waals surface area contributed by atoms with Gasteiger partial charge in [0, 0.05) is 24.7 Å². The Morgan fingerprint density at radius 2 is 2.11 bits per heavy atom. The van der Waals surface area contributed by atoms with Crippen molar-refractivity contribution in [1.29, 1.82) is 0 Å². The Hall–Kier alpha value is -1.33. The summed E-state index contributed by atoms with van der Waals surface area (Å²) in [6.07, 6.45) is 1.31. The number of nitrogens with one attached hydrogen (secondary N) is 1. The van der Waals surface area contributed by atoms with Crippen molar-refractivity contribution in [3.8, 4) is 0 Å². The van der Waals surface area contributed by atoms with E-state index < -0.39 is 17.3 Å². The number of aromatic nitrogens is 1. The van der Waals surface area contributed by atoms with Crippen LogP contribution in [0.25, 0.3) is 0 Å². The number of rotatable bonds is 4. The van der Waals surface area contributed by atoms with Crippen LogP contribution in [0.3, 0.4) is 0 Å². The highest BCUT2D eigenvalue weighted by Crippen LogP contribution is 2.28. The predicted molar refractivity (Wildman–Crippen MR) is 67.8 cm³/mol. The lowest BCUT2D eigenvalue weighted by atomic mass is 9.83. The summed E-state index contributed by atoms with van der Waals surface area (Å²) in [5.74, 6) is -1.83. The molecule has 7 heteroatoms. The van der Waals surface area contributed by atoms with Gasteiger partial charge in [-0.05, 0) is 18.6 Å². The van der Waals surface area contributed by atoms with Gasteiger partial charge in [0.25, 0.3) is 0 Å². The second kappa shape index (κ2) is 5.54. The molecular formula is C11H12Cl2N2O3. The molecule has 0 aliphatic rings. The van der Waals surface area contributed by atoms with Crippen LogP contribution in [-0.2, 0) is 16.0 Å². The first kappa shape index (κ1) is 14.7. The molecule has 0 fully saturated rings. The van der Waals surface area contributed by atoms with Crippen molar-refractivity contribution in [2.24, 2.45) is 5.41 Å². The molecule has 1 atom stereocenters. The average Bonchev–Trinajstić information content (AvgIpc) is 2.31. The number of carbonyl (C=O) groups excluding carboxylic acids is 1. The Bertz CT molecular complexity index is 493. The zero-order valence-electron chi connectivity index (χ0n) is 9.83. The zero-order valence-corrected chi connectivity index (χ0v) is 11.3. The van der Waals surface area contributed by atoms with Crippen molar-refractivity contribution in [1.82, 2.24) is 10.3 Å². The molecule has 0 spiro atoms. The minimum absolute atomic E-state index is 0.0645. The van der Waals surface area contributed by atoms with E-state index in [1.807, 2.05) is 0 Å². The standard InChI is InChI=1S/C11H12Cl2N2O3/c1-11(10(17)18,9(16)14-2)4-6-5-15-8(13)3-7(6)12/h3,5H,4H2,1-2H3,(H,14,16)(H,17,18). The highest BCUT2D eigenvalue weighted by molar-refractivity contribution is 6.34. The first-order valence-corrected chi connectivity index (χ1v) is 5.82. The largest absolute Gasteiger partial charge is 0.480 e. The lowest BCUT2D eigenvalue weighted by Gasteiger charge is -2.23. The topological polar surface area (TPSA) is 79.3 Å². The summed E-state index contributed by atoms with van der Waals surface area (Å²) in [7, 11) is 1.38. The minimum atomic E-state index is -1.60. The van der Waals surface area contributed by atoms with Gasteiger partial charge in [-0.3, -0.25) is 9.59 Å². The van der Waals surface area contributed by atoms with E-state index in [9.17, 15) is 14.7 Å². The van der Waals surface area contributed by atoms with Crippen LogP contribution in [0.15, 0.2) is 12.3 Å². The molecule has 1 aromatic rings. The summed E-state index contributed by atoms with van der Waals surface area (Å²) < 4.78 is 0. The summed E-state index contributed by atoms with van der Waals surface area (Å²) in [6.45, 7) is 1.33. The molecule has 1 amide bonds. The first-order chi connectivity index (χ1) is 8.31. The summed E-state index contributed by atoms with van der Waals surface area (Å²) in [5, 5.41) is 12.0. The molecule has 1 heterocycles. The van der Waals surface area contributed by atoms with E-state index in [0.717, 1.165) is 0 Å². The van der Waals surface area contributed by atoms with Crippen molar-refractivity contribution >= 4 is 35.1 Å². The Morgan fingerprint density at radius 1 is 1.50 bits per heavy atom. The number of hydrogen-bond donors (Lipinski definition) is 2. The van der Waals surface area contributed by atoms with Crippen molar-refractivity contribution in [3.05, 3.63) is 28.0 Å². The third-order valence-corrected chi connectivity index (χ3v) is 3.20. The quantitative estimate of drug-likeness (QED) is 0.654. The maximum atomic E-state index is 11.7. The fourth-order valence-electron chi connectivity index (χ4n) is 1.48. The van der Waals surface area contributed by atoms with Gasteiger partial charge in [0.2, 0.25) is 5.91 Å². The van der Waals surface area contributed by atoms with E-state index in [-0.39, 0.29) is 16.6 Å². The van der Waals surface area contributed by atoms with Crippen LogP contribution in [0.4, 0.5) is 0 Å². The van der Waals surface area contributed by atoms with Gasteiger partial charge in [-0.25, -0.2) is 4.98 Å². The number of hydrogen-bond acceptors (Lipinski definition) is 3. The summed E-state index contributed by atoms with van der Waals surface area (Å²) in [5.41, 5.74) is -1.15. The molecular weight excluding hydrogens is 279 g/mol. The third-order valence-electron chi connectivity index (χ3n) is 2.64. The number of aliphatic carboxylic acids is 1. The van der Waals surface area contributed by atoms with Gasteiger partial charge in [-0.1, -0.05) is 23.2 Å². The molecule has 98 valence electrons. The Kier molecular flexibility index (Phi) is 4.53. The van der Waals surface area contributed by atoms with Gasteiger partial charge in [-0.15, -0.1) is 0 Å². The fourth-order valence-corrected chi connectivity index (χ4v) is 1.91. The molecule has 18 heavy (non-hydrogen) atoms. The maximum absolute atomic E-state index is 11.7. The van der Waals surface area contributed by atoms with Crippen LogP contribution in [0.2, 0.25) is 10.2 Å². The summed E-state index contributed by atoms with van der Waals surface area (Å²) in [6, 6.07) is 1.41. The average molecular weight is 291 g/mol. The Morgan fingerprint density at radius 3 is 2.56 bits per heavy atom. The second-order valence-corrected chi connectivity index (χ2v) is 4.79. The van der Waals surface area contributed by atoms with Crippen molar-refractivity contribution < 1.29 is 14.7 Å². The molecule has 1 unspecified atom stereocenters. The molecule has 0 aliphatic heterocycles. The number of nitrogens with zero attached hydrogens (tertiary/aromatic N) is 1. The Labute approximate surface area is 114 Å². The molecule has 0 aliphatic carbocycles. The van der Waals surface area contributed by atoms with Crippen molar-refractivity contribution in [2.75, 3.05) is 7.05 Å². The number of halogens is 2. The van der Waals surface area contributed by atoms with Crippen molar-refractivity contribution in [2.45, 2.75) is 13.3 Å². The van der Waals surface area contributed by atoms with Gasteiger partial charge in [0.05, 0.1) is 0 Å². The maximum Gasteiger partial charge on any atom is 0.319 e. The van der Waals surface area contributed by atoms with Gasteiger partial charge in [0.1, 0.15) is 10.6 Å². The minimum Gasteiger partial charge on any atom is -0.480 e. The fraction of sp³-hybridized carbons (Fsp3) is 0.364. The van der Waals surface area contributed by atoms with Crippen LogP contribution < -0.4 is 5.32 Å². The number of carboxylic acid groups (broad SMARTS) is 1. The zero-order chi connectivity index (χ0) is 13.9.